The van der Waals surface area contributed by atoms with Gasteiger partial charge in [0, 0.05) is 31.7 Å². The number of nitrogens with one attached hydrogen (secondary N) is 1. The Kier molecular flexibility index (Phi) is 14.1. The fourth-order valence-electron chi connectivity index (χ4n) is 5.62. The molecule has 0 saturated carbocycles. The Morgan fingerprint density at radius 2 is 1.66 bits per heavy atom. The van der Waals surface area contributed by atoms with Gasteiger partial charge < -0.3 is 39.7 Å². The number of nitrogen functional groups attached to an aromatic ring is 1. The Balaban J connectivity index is 0.00000300. The molecule has 0 aliphatic carbocycles. The predicted molar refractivity (Wildman–Crippen MR) is 161 cm³/mol. The van der Waals surface area contributed by atoms with Crippen LogP contribution in [0.4, 0.5) is 10.5 Å². The molecule has 2 fully saturated rings. The summed E-state index contributed by atoms with van der Waals surface area (Å²) in [4.78, 5) is 66.7. The van der Waals surface area contributed by atoms with Crippen molar-refractivity contribution >= 4 is 31.4 Å². The Morgan fingerprint density at radius 3 is 2.30 bits per heavy atom. The van der Waals surface area contributed by atoms with Crippen LogP contribution in [-0.4, -0.2) is 69.5 Å². The number of amides is 4. The number of carbonyl (C=O) groups is 3. The average Bonchev–Trinajstić information content (AvgIpc) is 3.00. The number of rotatable bonds is 10. The van der Waals surface area contributed by atoms with Gasteiger partial charge in [0.05, 0.1) is 13.1 Å². The zero-order valence-electron chi connectivity index (χ0n) is 26.4. The van der Waals surface area contributed by atoms with Crippen molar-refractivity contribution in [3.8, 4) is 5.75 Å². The number of carbonyl (C=O) groups excluding carboxylic acids is 3. The molecule has 16 heteroatoms. The van der Waals surface area contributed by atoms with Crippen molar-refractivity contribution in [2.45, 2.75) is 31.7 Å². The van der Waals surface area contributed by atoms with Gasteiger partial charge in [-0.05, 0) is 34.9 Å². The van der Waals surface area contributed by atoms with Crippen LogP contribution in [0.25, 0.3) is 0 Å². The molecule has 3 N–H and O–H groups in total. The summed E-state index contributed by atoms with van der Waals surface area (Å²) < 4.78 is 15.5. The van der Waals surface area contributed by atoms with E-state index < -0.39 is 26.1 Å². The van der Waals surface area contributed by atoms with Crippen molar-refractivity contribution in [3.63, 3.8) is 0 Å². The largest absolute Gasteiger partial charge is 1.00 e. The second-order valence-corrected chi connectivity index (χ2v) is 11.8. The maximum atomic E-state index is 14.1. The number of hydrogen-bond donors (Lipinski definition) is 2. The number of hydrogen-bond acceptors (Lipinski definition) is 9. The molecule has 0 unspecified atom stereocenters. The monoisotopic (exact) mass is 678 g/mol. The molecule has 3 aromatic rings. The third-order valence-corrected chi connectivity index (χ3v) is 8.08. The molecule has 2 saturated heterocycles. The van der Waals surface area contributed by atoms with Crippen molar-refractivity contribution in [2.24, 2.45) is 0 Å². The van der Waals surface area contributed by atoms with Crippen LogP contribution >= 0.6 is 7.82 Å². The number of fused-ring (bicyclic) bond motifs is 1. The molecule has 2 aliphatic heterocycles. The second-order valence-electron chi connectivity index (χ2n) is 10.7. The fraction of sp³-hybridized carbons (Fsp3) is 0.258. The molecule has 4 amide bonds. The van der Waals surface area contributed by atoms with E-state index in [4.69, 9.17) is 5.73 Å². The van der Waals surface area contributed by atoms with E-state index in [-0.39, 0.29) is 116 Å². The minimum Gasteiger partial charge on any atom is -0.780 e. The summed E-state index contributed by atoms with van der Waals surface area (Å²) in [5, 5.41) is 6.02. The number of hydrazine groups is 1. The first-order valence-electron chi connectivity index (χ1n) is 14.2. The van der Waals surface area contributed by atoms with Gasteiger partial charge in [-0.3, -0.25) is 9.59 Å². The summed E-state index contributed by atoms with van der Waals surface area (Å²) in [7, 11) is -5.25. The molecule has 3 aromatic carbocycles. The maximum absolute atomic E-state index is 14.1. The number of piperazine rings is 1. The minimum atomic E-state index is -5.25. The normalized spacial score (nSPS) is 18.0. The van der Waals surface area contributed by atoms with Gasteiger partial charge in [0.2, 0.25) is 11.8 Å². The third-order valence-electron chi connectivity index (χ3n) is 7.65. The molecule has 13 nitrogen and oxygen atoms in total. The van der Waals surface area contributed by atoms with Gasteiger partial charge in [-0.2, -0.15) is 0 Å². The second kappa shape index (κ2) is 17.1. The standard InChI is InChI=1S/C31H35N6O7P.2Na/c1-2-16-35-21-29(38)36-27(17-22-12-14-25(15-13-22)44-45(41,42)43)30(39)34(19-24-10-6-7-11-26(24)32)20-28(36)37(35)31(40)33-18-23-8-4-3-5-9-23;;/h2-15,27-28H,1,16-21,32H2,(H,33,40)(H2,41,42,43);;/q;2*+1/p-2/t27-,28-;;/m0../s1. The van der Waals surface area contributed by atoms with Crippen LogP contribution < -0.4 is 84.5 Å². The van der Waals surface area contributed by atoms with E-state index in [2.05, 4.69) is 16.4 Å². The molecule has 0 bridgehead atoms. The summed E-state index contributed by atoms with van der Waals surface area (Å²) >= 11 is 0. The summed E-state index contributed by atoms with van der Waals surface area (Å²) in [5.74, 6) is -0.852. The van der Waals surface area contributed by atoms with Gasteiger partial charge >= 0.3 is 65.1 Å². The Labute approximate surface area is 317 Å². The number of benzene rings is 3. The SMILES string of the molecule is C=CCN1CC(=O)N2[C@@H](Cc3ccc(OP(=O)([O-])[O-])cc3)C(=O)N(Cc3ccccc3N)C[C@@H]2N1C(=O)NCc1ccccc1.[Na+].[Na+]. The van der Waals surface area contributed by atoms with Gasteiger partial charge in [0.25, 0.3) is 0 Å². The van der Waals surface area contributed by atoms with Crippen LogP contribution in [0.1, 0.15) is 16.7 Å². The van der Waals surface area contributed by atoms with Crippen molar-refractivity contribution < 1.29 is 92.4 Å². The molecule has 5 rings (SSSR count). The first-order chi connectivity index (χ1) is 21.5. The van der Waals surface area contributed by atoms with Crippen LogP contribution in [0.3, 0.4) is 0 Å². The average molecular weight is 679 g/mol. The van der Waals surface area contributed by atoms with Crippen molar-refractivity contribution in [3.05, 3.63) is 108 Å². The van der Waals surface area contributed by atoms with E-state index >= 15 is 0 Å². The minimum absolute atomic E-state index is 0. The van der Waals surface area contributed by atoms with Crippen LogP contribution in [0.15, 0.2) is 91.5 Å². The molecular formula is C31H33N6Na2O7P. The predicted octanol–water partition coefficient (Wildman–Crippen LogP) is -4.78. The number of nitrogens with two attached hydrogens (primary N) is 1. The van der Waals surface area contributed by atoms with Crippen LogP contribution in [-0.2, 0) is 33.7 Å². The molecule has 2 aliphatic rings. The van der Waals surface area contributed by atoms with Crippen LogP contribution in [0.5, 0.6) is 5.75 Å². The first kappa shape index (κ1) is 38.8. The summed E-state index contributed by atoms with van der Waals surface area (Å²) in [6.45, 7) is 4.27. The third kappa shape index (κ3) is 9.70. The first-order valence-corrected chi connectivity index (χ1v) is 15.7. The van der Waals surface area contributed by atoms with Gasteiger partial charge in [-0.25, -0.2) is 14.8 Å². The molecule has 0 radical (unpaired) electrons. The van der Waals surface area contributed by atoms with Crippen LogP contribution in [0.2, 0.25) is 0 Å². The number of urea groups is 1. The number of para-hydroxylation sites is 1. The van der Waals surface area contributed by atoms with Gasteiger partial charge in [-0.1, -0.05) is 66.7 Å². The van der Waals surface area contributed by atoms with Crippen LogP contribution in [0, 0.1) is 0 Å². The van der Waals surface area contributed by atoms with E-state index in [0.717, 1.165) is 5.56 Å². The Morgan fingerprint density at radius 1 is 1.00 bits per heavy atom. The smallest absolute Gasteiger partial charge is 0.780 e. The summed E-state index contributed by atoms with van der Waals surface area (Å²) in [6.07, 6.45) is 0.792. The van der Waals surface area contributed by atoms with Gasteiger partial charge in [0.1, 0.15) is 25.8 Å². The molecule has 0 spiro atoms. The zero-order chi connectivity index (χ0) is 32.1. The van der Waals surface area contributed by atoms with Crippen molar-refractivity contribution in [2.75, 3.05) is 25.4 Å². The Hall–Kier alpha value is -2.68. The topological polar surface area (TPSA) is 175 Å². The van der Waals surface area contributed by atoms with E-state index in [0.29, 0.717) is 16.8 Å². The molecule has 47 heavy (non-hydrogen) atoms. The zero-order valence-corrected chi connectivity index (χ0v) is 31.3. The van der Waals surface area contributed by atoms with Crippen molar-refractivity contribution in [1.29, 1.82) is 0 Å². The van der Waals surface area contributed by atoms with E-state index in [1.807, 2.05) is 42.5 Å². The van der Waals surface area contributed by atoms with Crippen molar-refractivity contribution in [1.82, 2.24) is 25.1 Å². The molecule has 236 valence electrons. The molecular weight excluding hydrogens is 645 g/mol. The number of anilines is 1. The van der Waals surface area contributed by atoms with E-state index in [9.17, 15) is 28.7 Å². The summed E-state index contributed by atoms with van der Waals surface area (Å²) in [6, 6.07) is 20.7. The number of nitrogens with zero attached hydrogens (tertiary/aromatic N) is 4. The quantitative estimate of drug-likeness (QED) is 0.0924. The van der Waals surface area contributed by atoms with E-state index in [1.54, 1.807) is 28.1 Å². The van der Waals surface area contributed by atoms with Gasteiger partial charge in [-0.15, -0.1) is 6.58 Å². The van der Waals surface area contributed by atoms with Gasteiger partial charge in [0.15, 0.2) is 0 Å². The molecule has 2 atom stereocenters. The molecule has 2 heterocycles. The molecule has 0 aromatic heterocycles. The fourth-order valence-corrected chi connectivity index (χ4v) is 6.00. The number of phosphoric acid groups is 1. The summed E-state index contributed by atoms with van der Waals surface area (Å²) in [5.41, 5.74) is 8.89. The van der Waals surface area contributed by atoms with E-state index in [1.165, 1.54) is 34.2 Å². The number of phosphoric ester groups is 1. The maximum Gasteiger partial charge on any atom is 1.00 e. The Bertz CT molecular complexity index is 1610.